The first kappa shape index (κ1) is 18.0. The average Bonchev–Trinajstić information content (AvgIpc) is 3.25. The Bertz CT molecular complexity index is 723. The Balaban J connectivity index is 1.46. The summed E-state index contributed by atoms with van der Waals surface area (Å²) < 4.78 is 5.73. The van der Waals surface area contributed by atoms with Gasteiger partial charge in [0, 0.05) is 30.9 Å². The van der Waals surface area contributed by atoms with Crippen LogP contribution in [0.1, 0.15) is 42.5 Å². The fraction of sp³-hybridized carbons (Fsp3) is 0.550. The van der Waals surface area contributed by atoms with Crippen LogP contribution < -0.4 is 10.2 Å². The average molecular weight is 371 g/mol. The van der Waals surface area contributed by atoms with Gasteiger partial charge in [0.15, 0.2) is 0 Å². The fourth-order valence-electron chi connectivity index (χ4n) is 3.88. The van der Waals surface area contributed by atoms with Crippen molar-refractivity contribution < 1.29 is 19.1 Å². The molecule has 3 aliphatic rings. The molecule has 7 heteroatoms. The van der Waals surface area contributed by atoms with Crippen LogP contribution in [0.5, 0.6) is 0 Å². The fourth-order valence-corrected chi connectivity index (χ4v) is 3.88. The summed E-state index contributed by atoms with van der Waals surface area (Å²) in [7, 11) is 0. The molecule has 1 saturated carbocycles. The number of carbonyl (C=O) groups is 3. The number of hydrogen-bond donors (Lipinski definition) is 1. The number of amides is 4. The van der Waals surface area contributed by atoms with Crippen LogP contribution >= 0.6 is 0 Å². The van der Waals surface area contributed by atoms with Crippen LogP contribution in [0.15, 0.2) is 24.3 Å². The molecule has 0 radical (unpaired) electrons. The summed E-state index contributed by atoms with van der Waals surface area (Å²) in [5.41, 5.74) is 1.21. The van der Waals surface area contributed by atoms with Crippen LogP contribution in [-0.4, -0.2) is 55.1 Å². The number of ether oxygens (including phenoxy) is 1. The van der Waals surface area contributed by atoms with Crippen molar-refractivity contribution in [2.24, 2.45) is 5.92 Å². The van der Waals surface area contributed by atoms with Gasteiger partial charge in [-0.2, -0.15) is 0 Å². The van der Waals surface area contributed by atoms with Crippen molar-refractivity contribution >= 4 is 23.5 Å². The summed E-state index contributed by atoms with van der Waals surface area (Å²) in [6.45, 7) is 2.21. The second-order valence-electron chi connectivity index (χ2n) is 7.63. The van der Waals surface area contributed by atoms with E-state index in [2.05, 4.69) is 5.32 Å². The lowest BCUT2D eigenvalue weighted by atomic mass is 9.85. The van der Waals surface area contributed by atoms with Gasteiger partial charge in [0.05, 0.1) is 6.10 Å². The van der Waals surface area contributed by atoms with Crippen LogP contribution in [0.3, 0.4) is 0 Å². The van der Waals surface area contributed by atoms with Gasteiger partial charge in [-0.05, 0) is 55.9 Å². The van der Waals surface area contributed by atoms with Crippen molar-refractivity contribution in [2.45, 2.75) is 38.2 Å². The van der Waals surface area contributed by atoms with Crippen LogP contribution in [0, 0.1) is 5.92 Å². The minimum atomic E-state index is -0.427. The molecule has 144 valence electrons. The second-order valence-corrected chi connectivity index (χ2v) is 7.63. The summed E-state index contributed by atoms with van der Waals surface area (Å²) in [6.07, 6.45) is 5.82. The second kappa shape index (κ2) is 7.68. The maximum Gasteiger partial charge on any atom is 0.329 e. The monoisotopic (exact) mass is 371 g/mol. The number of urea groups is 1. The highest BCUT2D eigenvalue weighted by Gasteiger charge is 2.30. The quantitative estimate of drug-likeness (QED) is 0.778. The Morgan fingerprint density at radius 1 is 1.11 bits per heavy atom. The number of nitrogens with zero attached hydrogens (tertiary/aromatic N) is 2. The smallest absolute Gasteiger partial charge is 0.329 e. The minimum Gasteiger partial charge on any atom is -0.376 e. The van der Waals surface area contributed by atoms with E-state index < -0.39 is 6.03 Å². The first-order chi connectivity index (χ1) is 13.1. The SMILES string of the molecule is O=C1CN(c2ccc(C(=O)N(CC3CCC3)CC3CCCO3)cc2)C(=O)N1. The van der Waals surface area contributed by atoms with Gasteiger partial charge in [0.1, 0.15) is 6.54 Å². The lowest BCUT2D eigenvalue weighted by molar-refractivity contribution is -0.117. The number of benzene rings is 1. The molecular formula is C20H25N3O4. The zero-order valence-corrected chi connectivity index (χ0v) is 15.4. The molecule has 2 heterocycles. The first-order valence-electron chi connectivity index (χ1n) is 9.72. The third-order valence-electron chi connectivity index (χ3n) is 5.66. The number of nitrogens with one attached hydrogen (secondary N) is 1. The van der Waals surface area contributed by atoms with Gasteiger partial charge in [-0.1, -0.05) is 6.42 Å². The molecule has 4 rings (SSSR count). The Labute approximate surface area is 158 Å². The van der Waals surface area contributed by atoms with Gasteiger partial charge in [0.25, 0.3) is 5.91 Å². The lowest BCUT2D eigenvalue weighted by Crippen LogP contribution is -2.41. The van der Waals surface area contributed by atoms with E-state index in [0.29, 0.717) is 23.7 Å². The topological polar surface area (TPSA) is 79.0 Å². The molecule has 2 aliphatic heterocycles. The number of rotatable bonds is 6. The molecular weight excluding hydrogens is 346 g/mol. The van der Waals surface area contributed by atoms with E-state index in [4.69, 9.17) is 4.74 Å². The van der Waals surface area contributed by atoms with E-state index in [1.807, 2.05) is 4.90 Å². The van der Waals surface area contributed by atoms with Gasteiger partial charge in [-0.3, -0.25) is 19.8 Å². The number of imide groups is 1. The van der Waals surface area contributed by atoms with Crippen LogP contribution in [-0.2, 0) is 9.53 Å². The molecule has 0 spiro atoms. The van der Waals surface area contributed by atoms with Crippen LogP contribution in [0.4, 0.5) is 10.5 Å². The molecule has 1 unspecified atom stereocenters. The Hall–Kier alpha value is -2.41. The Morgan fingerprint density at radius 2 is 1.89 bits per heavy atom. The molecule has 27 heavy (non-hydrogen) atoms. The summed E-state index contributed by atoms with van der Waals surface area (Å²) in [5, 5.41) is 2.25. The maximum atomic E-state index is 13.1. The highest BCUT2D eigenvalue weighted by atomic mass is 16.5. The van der Waals surface area contributed by atoms with E-state index in [0.717, 1.165) is 26.0 Å². The zero-order chi connectivity index (χ0) is 18.8. The summed E-state index contributed by atoms with van der Waals surface area (Å²) in [5.74, 6) is 0.281. The van der Waals surface area contributed by atoms with Gasteiger partial charge in [-0.25, -0.2) is 4.79 Å². The summed E-state index contributed by atoms with van der Waals surface area (Å²) in [4.78, 5) is 39.5. The van der Waals surface area contributed by atoms with Gasteiger partial charge in [-0.15, -0.1) is 0 Å². The van der Waals surface area contributed by atoms with Gasteiger partial charge in [0.2, 0.25) is 5.91 Å². The Morgan fingerprint density at radius 3 is 2.44 bits per heavy atom. The minimum absolute atomic E-state index is 0.00546. The lowest BCUT2D eigenvalue weighted by Gasteiger charge is -2.33. The van der Waals surface area contributed by atoms with Crippen molar-refractivity contribution in [2.75, 3.05) is 31.1 Å². The summed E-state index contributed by atoms with van der Waals surface area (Å²) >= 11 is 0. The molecule has 1 aliphatic carbocycles. The Kier molecular flexibility index (Phi) is 5.11. The van der Waals surface area contributed by atoms with Crippen molar-refractivity contribution in [3.05, 3.63) is 29.8 Å². The van der Waals surface area contributed by atoms with E-state index in [9.17, 15) is 14.4 Å². The van der Waals surface area contributed by atoms with Crippen molar-refractivity contribution in [3.63, 3.8) is 0 Å². The van der Waals surface area contributed by atoms with Gasteiger partial charge < -0.3 is 9.64 Å². The molecule has 0 aromatic heterocycles. The molecule has 4 amide bonds. The standard InChI is InChI=1S/C20H25N3O4/c24-18-13-23(20(26)21-18)16-8-6-15(7-9-16)19(25)22(11-14-3-1-4-14)12-17-5-2-10-27-17/h6-9,14,17H,1-5,10-13H2,(H,21,24,26). The van der Waals surface area contributed by atoms with Crippen molar-refractivity contribution in [3.8, 4) is 0 Å². The van der Waals surface area contributed by atoms with Gasteiger partial charge >= 0.3 is 6.03 Å². The van der Waals surface area contributed by atoms with Crippen LogP contribution in [0.2, 0.25) is 0 Å². The number of hydrogen-bond acceptors (Lipinski definition) is 4. The largest absolute Gasteiger partial charge is 0.376 e. The number of anilines is 1. The normalized spacial score (nSPS) is 22.7. The highest BCUT2D eigenvalue weighted by molar-refractivity contribution is 6.12. The molecule has 2 saturated heterocycles. The van der Waals surface area contributed by atoms with E-state index in [1.165, 1.54) is 24.2 Å². The maximum absolute atomic E-state index is 13.1. The third kappa shape index (κ3) is 3.98. The van der Waals surface area contributed by atoms with Crippen LogP contribution in [0.25, 0.3) is 0 Å². The molecule has 1 atom stereocenters. The third-order valence-corrected chi connectivity index (χ3v) is 5.66. The zero-order valence-electron chi connectivity index (χ0n) is 15.4. The molecule has 7 nitrogen and oxygen atoms in total. The predicted octanol–water partition coefficient (Wildman–Crippen LogP) is 2.16. The van der Waals surface area contributed by atoms with Crippen molar-refractivity contribution in [1.82, 2.24) is 10.2 Å². The van der Waals surface area contributed by atoms with E-state index >= 15 is 0 Å². The molecule has 1 aromatic carbocycles. The molecule has 1 aromatic rings. The highest BCUT2D eigenvalue weighted by Crippen LogP contribution is 2.28. The molecule has 1 N–H and O–H groups in total. The van der Waals surface area contributed by atoms with E-state index in [1.54, 1.807) is 24.3 Å². The first-order valence-corrected chi connectivity index (χ1v) is 9.72. The summed E-state index contributed by atoms with van der Waals surface area (Å²) in [6, 6.07) is 6.48. The van der Waals surface area contributed by atoms with Crippen molar-refractivity contribution in [1.29, 1.82) is 0 Å². The molecule has 3 fully saturated rings. The van der Waals surface area contributed by atoms with E-state index in [-0.39, 0.29) is 24.5 Å². The number of carbonyl (C=O) groups excluding carboxylic acids is 3. The molecule has 0 bridgehead atoms. The predicted molar refractivity (Wildman–Crippen MR) is 99.5 cm³/mol.